The van der Waals surface area contributed by atoms with E-state index in [1.165, 1.54) is 4.90 Å². The first kappa shape index (κ1) is 27.9. The molecule has 2 atom stereocenters. The Labute approximate surface area is 219 Å². The van der Waals surface area contributed by atoms with Gasteiger partial charge >= 0.3 is 6.09 Å². The molecule has 2 aromatic rings. The second kappa shape index (κ2) is 11.2. The lowest BCUT2D eigenvalue weighted by Gasteiger charge is -2.43. The lowest BCUT2D eigenvalue weighted by Crippen LogP contribution is -2.63. The molecule has 37 heavy (non-hydrogen) atoms. The van der Waals surface area contributed by atoms with E-state index in [-0.39, 0.29) is 42.7 Å². The van der Waals surface area contributed by atoms with Gasteiger partial charge in [0.15, 0.2) is 0 Å². The Hall–Kier alpha value is -3.68. The molecule has 8 nitrogen and oxygen atoms in total. The monoisotopic (exact) mass is 506 g/mol. The summed E-state index contributed by atoms with van der Waals surface area (Å²) >= 11 is 0. The van der Waals surface area contributed by atoms with Gasteiger partial charge in [-0.15, -0.1) is 4.99 Å². The molecule has 3 rings (SSSR count). The zero-order chi connectivity index (χ0) is 27.4. The highest BCUT2D eigenvalue weighted by Crippen LogP contribution is 2.27. The summed E-state index contributed by atoms with van der Waals surface area (Å²) in [5.41, 5.74) is 0.942. The minimum absolute atomic E-state index is 0.112. The first-order valence-corrected chi connectivity index (χ1v) is 12.6. The zero-order valence-corrected chi connectivity index (χ0v) is 22.8. The molecule has 0 aliphatic carbocycles. The van der Waals surface area contributed by atoms with Crippen molar-refractivity contribution in [2.75, 3.05) is 0 Å². The van der Waals surface area contributed by atoms with E-state index in [0.717, 1.165) is 11.1 Å². The molecule has 0 unspecified atom stereocenters. The summed E-state index contributed by atoms with van der Waals surface area (Å²) in [6, 6.07) is 16.7. The highest BCUT2D eigenvalue weighted by Gasteiger charge is 2.41. The Kier molecular flexibility index (Phi) is 8.41. The van der Waals surface area contributed by atoms with Gasteiger partial charge in [0.1, 0.15) is 5.60 Å². The van der Waals surface area contributed by atoms with Crippen molar-refractivity contribution < 1.29 is 19.1 Å². The first-order chi connectivity index (χ1) is 17.3. The number of hydrogen-bond acceptors (Lipinski definition) is 4. The van der Waals surface area contributed by atoms with Crippen LogP contribution in [0.3, 0.4) is 0 Å². The van der Waals surface area contributed by atoms with Gasteiger partial charge in [-0.25, -0.2) is 4.79 Å². The molecular formula is C29H38N4O4. The van der Waals surface area contributed by atoms with Crippen LogP contribution in [0.2, 0.25) is 0 Å². The molecule has 2 aromatic carbocycles. The van der Waals surface area contributed by atoms with Gasteiger partial charge < -0.3 is 15.4 Å². The van der Waals surface area contributed by atoms with Gasteiger partial charge in [0.2, 0.25) is 11.9 Å². The van der Waals surface area contributed by atoms with Crippen molar-refractivity contribution in [3.05, 3.63) is 71.3 Å². The Bertz CT molecular complexity index is 1170. The van der Waals surface area contributed by atoms with E-state index in [1.807, 2.05) is 64.1 Å². The number of amides is 3. The molecule has 1 fully saturated rings. The summed E-state index contributed by atoms with van der Waals surface area (Å²) in [6.45, 7) is 13.3. The third kappa shape index (κ3) is 7.41. The Morgan fingerprint density at radius 1 is 1.11 bits per heavy atom. The molecule has 0 spiro atoms. The second-order valence-corrected chi connectivity index (χ2v) is 11.1. The molecule has 1 aliphatic heterocycles. The maximum absolute atomic E-state index is 13.3. The van der Waals surface area contributed by atoms with Crippen LogP contribution in [-0.4, -0.2) is 39.9 Å². The van der Waals surface area contributed by atoms with Crippen LogP contribution in [0.4, 0.5) is 4.79 Å². The van der Waals surface area contributed by atoms with Crippen molar-refractivity contribution >= 4 is 23.9 Å². The van der Waals surface area contributed by atoms with Crippen LogP contribution in [0.5, 0.6) is 0 Å². The largest absolute Gasteiger partial charge is 0.442 e. The van der Waals surface area contributed by atoms with E-state index in [4.69, 9.17) is 4.74 Å². The summed E-state index contributed by atoms with van der Waals surface area (Å²) in [5, 5.41) is 6.32. The van der Waals surface area contributed by atoms with Crippen molar-refractivity contribution in [2.45, 2.75) is 78.6 Å². The van der Waals surface area contributed by atoms with Crippen LogP contribution < -0.4 is 10.6 Å². The molecule has 0 radical (unpaired) electrons. The van der Waals surface area contributed by atoms with E-state index in [2.05, 4.69) is 15.6 Å². The van der Waals surface area contributed by atoms with Crippen LogP contribution in [-0.2, 0) is 16.1 Å². The predicted molar refractivity (Wildman–Crippen MR) is 144 cm³/mol. The van der Waals surface area contributed by atoms with Crippen LogP contribution in [0.25, 0.3) is 0 Å². The maximum Gasteiger partial charge on any atom is 0.437 e. The third-order valence-electron chi connectivity index (χ3n) is 6.51. The molecule has 0 aromatic heterocycles. The fourth-order valence-corrected chi connectivity index (χ4v) is 3.96. The lowest BCUT2D eigenvalue weighted by molar-refractivity contribution is -0.131. The van der Waals surface area contributed by atoms with Crippen molar-refractivity contribution in [3.8, 4) is 0 Å². The number of ether oxygens (including phenoxy) is 1. The average Bonchev–Trinajstić information content (AvgIpc) is 2.80. The average molecular weight is 507 g/mol. The van der Waals surface area contributed by atoms with Gasteiger partial charge in [-0.05, 0) is 63.8 Å². The topological polar surface area (TPSA) is 100 Å². The van der Waals surface area contributed by atoms with E-state index in [1.54, 1.807) is 39.0 Å². The summed E-state index contributed by atoms with van der Waals surface area (Å²) < 4.78 is 5.37. The number of benzene rings is 2. The molecular weight excluding hydrogens is 468 g/mol. The smallest absolute Gasteiger partial charge is 0.437 e. The van der Waals surface area contributed by atoms with Crippen molar-refractivity contribution in [3.63, 3.8) is 0 Å². The molecule has 0 saturated carbocycles. The highest BCUT2D eigenvalue weighted by atomic mass is 16.6. The number of hydrogen-bond donors (Lipinski definition) is 2. The van der Waals surface area contributed by atoms with Gasteiger partial charge in [-0.1, -0.05) is 56.3 Å². The lowest BCUT2D eigenvalue weighted by atomic mass is 9.83. The molecule has 1 aliphatic rings. The van der Waals surface area contributed by atoms with Crippen molar-refractivity contribution in [1.82, 2.24) is 15.5 Å². The predicted octanol–water partition coefficient (Wildman–Crippen LogP) is 5.21. The number of rotatable bonds is 6. The number of carbonyl (C=O) groups is 3. The summed E-state index contributed by atoms with van der Waals surface area (Å²) in [5.74, 6) is -0.114. The van der Waals surface area contributed by atoms with E-state index in [9.17, 15) is 14.4 Å². The number of carbonyl (C=O) groups excluding carboxylic acids is 3. The molecule has 3 amide bonds. The standard InChI is InChI=1S/C29H38N4O4/c1-19(2)29(7)17-24(34)33(26(32-29)31-27(36)37-28(4,5)6)18-21-12-11-15-23(16-21)25(35)30-20(3)22-13-9-8-10-14-22/h8-16,19-20H,17-18H2,1-7H3,(H,30,35)(H,31,32,36)/t20-,29+/m1/s1. The minimum Gasteiger partial charge on any atom is -0.442 e. The van der Waals surface area contributed by atoms with Crippen LogP contribution in [0, 0.1) is 5.92 Å². The third-order valence-corrected chi connectivity index (χ3v) is 6.51. The van der Waals surface area contributed by atoms with Gasteiger partial charge in [-0.3, -0.25) is 14.5 Å². The molecule has 2 N–H and O–H groups in total. The SMILES string of the molecule is CC(C)[C@]1(C)CC(=O)N(Cc2cccc(C(=O)N[C@H](C)c3ccccc3)c2)/C(=N\C(=O)OC(C)(C)C)N1. The number of guanidine groups is 1. The Morgan fingerprint density at radius 3 is 2.41 bits per heavy atom. The zero-order valence-electron chi connectivity index (χ0n) is 22.8. The number of aliphatic imine (C=N–C) groups is 1. The summed E-state index contributed by atoms with van der Waals surface area (Å²) in [7, 11) is 0. The maximum atomic E-state index is 13.3. The number of nitrogens with zero attached hydrogens (tertiary/aromatic N) is 2. The van der Waals surface area contributed by atoms with Crippen molar-refractivity contribution in [2.24, 2.45) is 10.9 Å². The first-order valence-electron chi connectivity index (χ1n) is 12.6. The number of nitrogens with one attached hydrogen (secondary N) is 2. The van der Waals surface area contributed by atoms with E-state index < -0.39 is 17.2 Å². The van der Waals surface area contributed by atoms with Gasteiger partial charge in [0.05, 0.1) is 19.0 Å². The van der Waals surface area contributed by atoms with Crippen molar-refractivity contribution in [1.29, 1.82) is 0 Å². The quantitative estimate of drug-likeness (QED) is 0.561. The Morgan fingerprint density at radius 2 is 1.78 bits per heavy atom. The fourth-order valence-electron chi connectivity index (χ4n) is 3.96. The minimum atomic E-state index is -0.774. The van der Waals surface area contributed by atoms with E-state index in [0.29, 0.717) is 5.56 Å². The van der Waals surface area contributed by atoms with E-state index >= 15 is 0 Å². The van der Waals surface area contributed by atoms with Crippen LogP contribution in [0.1, 0.15) is 82.4 Å². The van der Waals surface area contributed by atoms with Gasteiger partial charge in [-0.2, -0.15) is 0 Å². The van der Waals surface area contributed by atoms with Crippen LogP contribution in [0.15, 0.2) is 59.6 Å². The van der Waals surface area contributed by atoms with Gasteiger partial charge in [0, 0.05) is 11.1 Å². The molecule has 198 valence electrons. The normalized spacial score (nSPS) is 19.9. The van der Waals surface area contributed by atoms with Gasteiger partial charge in [0.25, 0.3) is 5.91 Å². The summed E-state index contributed by atoms with van der Waals surface area (Å²) in [4.78, 5) is 44.3. The van der Waals surface area contributed by atoms with Crippen LogP contribution >= 0.6 is 0 Å². The fraction of sp³-hybridized carbons (Fsp3) is 0.448. The molecule has 0 bridgehead atoms. The molecule has 8 heteroatoms. The molecule has 1 heterocycles. The second-order valence-electron chi connectivity index (χ2n) is 11.1. The highest BCUT2D eigenvalue weighted by molar-refractivity contribution is 6.04. The molecule has 1 saturated heterocycles. The Balaban J connectivity index is 1.83. The summed E-state index contributed by atoms with van der Waals surface area (Å²) in [6.07, 6.45) is -0.531.